The van der Waals surface area contributed by atoms with Crippen molar-refractivity contribution in [3.05, 3.63) is 59.4 Å². The molecule has 0 bridgehead atoms. The molecule has 4 rings (SSSR count). The fourth-order valence-electron chi connectivity index (χ4n) is 3.69. The van der Waals surface area contributed by atoms with Crippen LogP contribution in [0.15, 0.2) is 48.8 Å². The average Bonchev–Trinajstić information content (AvgIpc) is 3.20. The van der Waals surface area contributed by atoms with Gasteiger partial charge in [0.2, 0.25) is 0 Å². The van der Waals surface area contributed by atoms with E-state index in [1.807, 2.05) is 30.3 Å². The number of halogens is 1. The Hall–Kier alpha value is -2.74. The lowest BCUT2D eigenvalue weighted by atomic mass is 9.91. The number of aromatic nitrogens is 3. The number of nitrogens with two attached hydrogens (primary N) is 1. The van der Waals surface area contributed by atoms with Gasteiger partial charge >= 0.3 is 0 Å². The molecular weight excluding hydrogens is 402 g/mol. The highest BCUT2D eigenvalue weighted by molar-refractivity contribution is 6.30. The summed E-state index contributed by atoms with van der Waals surface area (Å²) in [4.78, 5) is 15.4. The van der Waals surface area contributed by atoms with Crippen molar-refractivity contribution in [2.45, 2.75) is 37.8 Å². The number of nitrogens with one attached hydrogen (secondary N) is 1. The van der Waals surface area contributed by atoms with E-state index in [9.17, 15) is 4.79 Å². The molecule has 0 spiro atoms. The van der Waals surface area contributed by atoms with E-state index < -0.39 is 0 Å². The molecule has 2 aromatic heterocycles. The maximum Gasteiger partial charge on any atom is 0.153 e. The summed E-state index contributed by atoms with van der Waals surface area (Å²) in [5.41, 5.74) is 9.25. The van der Waals surface area contributed by atoms with E-state index in [0.29, 0.717) is 22.1 Å². The number of anilines is 2. The van der Waals surface area contributed by atoms with Crippen molar-refractivity contribution in [1.29, 1.82) is 0 Å². The van der Waals surface area contributed by atoms with Gasteiger partial charge in [0, 0.05) is 41.6 Å². The van der Waals surface area contributed by atoms with Gasteiger partial charge in [-0.05, 0) is 43.9 Å². The molecule has 0 amide bonds. The number of rotatable bonds is 5. The molecular formula is C22H26ClN5O2. The zero-order valence-electron chi connectivity index (χ0n) is 16.8. The number of nitrogens with zero attached hydrogens (tertiary/aromatic N) is 3. The van der Waals surface area contributed by atoms with Crippen molar-refractivity contribution < 1.29 is 9.90 Å². The van der Waals surface area contributed by atoms with E-state index >= 15 is 0 Å². The van der Waals surface area contributed by atoms with Crippen molar-refractivity contribution in [3.63, 3.8) is 0 Å². The van der Waals surface area contributed by atoms with Gasteiger partial charge in [-0.2, -0.15) is 5.10 Å². The van der Waals surface area contributed by atoms with Crippen LogP contribution in [0.2, 0.25) is 5.02 Å². The second-order valence-corrected chi connectivity index (χ2v) is 7.58. The summed E-state index contributed by atoms with van der Waals surface area (Å²) in [5.74, 6) is 0.668. The van der Waals surface area contributed by atoms with Crippen LogP contribution in [0.5, 0.6) is 0 Å². The maximum atomic E-state index is 11.3. The average molecular weight is 428 g/mol. The lowest BCUT2D eigenvalue weighted by molar-refractivity contribution is 0.112. The smallest absolute Gasteiger partial charge is 0.153 e. The third-order valence-electron chi connectivity index (χ3n) is 5.19. The lowest BCUT2D eigenvalue weighted by Crippen LogP contribution is -2.28. The van der Waals surface area contributed by atoms with Gasteiger partial charge in [-0.1, -0.05) is 23.7 Å². The Morgan fingerprint density at radius 3 is 2.67 bits per heavy atom. The monoisotopic (exact) mass is 427 g/mol. The van der Waals surface area contributed by atoms with Crippen LogP contribution < -0.4 is 11.1 Å². The van der Waals surface area contributed by atoms with Crippen LogP contribution in [0.25, 0.3) is 11.3 Å². The molecule has 158 valence electrons. The Bertz CT molecular complexity index is 983. The topological polar surface area (TPSA) is 106 Å². The third kappa shape index (κ3) is 5.05. The normalized spacial score (nSPS) is 18.3. The fourth-order valence-corrected chi connectivity index (χ4v) is 3.88. The van der Waals surface area contributed by atoms with Crippen molar-refractivity contribution in [3.8, 4) is 11.3 Å². The highest BCUT2D eigenvalue weighted by atomic mass is 35.5. The molecule has 0 unspecified atom stereocenters. The first-order valence-corrected chi connectivity index (χ1v) is 10.2. The Balaban J connectivity index is 0.00000124. The second-order valence-electron chi connectivity index (χ2n) is 7.14. The second kappa shape index (κ2) is 10.3. The molecule has 1 aliphatic rings. The zero-order valence-corrected chi connectivity index (χ0v) is 17.6. The van der Waals surface area contributed by atoms with Crippen molar-refractivity contribution in [2.24, 2.45) is 5.73 Å². The number of aliphatic hydroxyl groups excluding tert-OH is 1. The molecule has 0 aliphatic heterocycles. The molecule has 7 nitrogen and oxygen atoms in total. The van der Waals surface area contributed by atoms with Crippen molar-refractivity contribution in [1.82, 2.24) is 14.8 Å². The van der Waals surface area contributed by atoms with Crippen LogP contribution in [-0.4, -0.2) is 39.3 Å². The zero-order chi connectivity index (χ0) is 21.5. The Morgan fingerprint density at radius 2 is 1.97 bits per heavy atom. The Kier molecular flexibility index (Phi) is 7.57. The lowest BCUT2D eigenvalue weighted by Gasteiger charge is -2.27. The molecule has 30 heavy (non-hydrogen) atoms. The molecule has 1 saturated carbocycles. The number of pyridine rings is 1. The van der Waals surface area contributed by atoms with Crippen LogP contribution in [0.3, 0.4) is 0 Å². The molecule has 8 heteroatoms. The Labute approximate surface area is 180 Å². The minimum atomic E-state index is 0.268. The quantitative estimate of drug-likeness (QED) is 0.527. The van der Waals surface area contributed by atoms with Crippen LogP contribution in [0, 0.1) is 0 Å². The van der Waals surface area contributed by atoms with Gasteiger partial charge in [0.05, 0.1) is 23.6 Å². The van der Waals surface area contributed by atoms with Crippen LogP contribution in [-0.2, 0) is 0 Å². The Morgan fingerprint density at radius 1 is 1.20 bits per heavy atom. The van der Waals surface area contributed by atoms with E-state index in [2.05, 4.69) is 15.0 Å². The summed E-state index contributed by atoms with van der Waals surface area (Å²) in [6.07, 6.45) is 7.98. The van der Waals surface area contributed by atoms with E-state index in [1.54, 1.807) is 18.5 Å². The summed E-state index contributed by atoms with van der Waals surface area (Å²) >= 11 is 6.22. The van der Waals surface area contributed by atoms with Gasteiger partial charge in [-0.25, -0.2) is 0 Å². The predicted octanol–water partition coefficient (Wildman–Crippen LogP) is 4.21. The summed E-state index contributed by atoms with van der Waals surface area (Å²) in [7, 11) is 1.00. The fraction of sp³-hybridized carbons (Fsp3) is 0.318. The molecule has 4 N–H and O–H groups in total. The number of hydrogen-bond donors (Lipinski definition) is 3. The molecule has 0 atom stereocenters. The molecule has 1 aromatic carbocycles. The number of hydrogen-bond acceptors (Lipinski definition) is 6. The standard InChI is InChI=1S/C21H22ClN5O.CH4O/c22-16-3-1-2-14(10-16)20-11-21(25-19-12-24-9-8-15(19)13-28)26-27(20)18-6-4-17(23)5-7-18;1-2/h1-3,8-13,17-18H,4-7,23H2,(H,25,26);2H,1H3. The predicted molar refractivity (Wildman–Crippen MR) is 119 cm³/mol. The first kappa shape index (κ1) is 22.0. The van der Waals surface area contributed by atoms with Gasteiger partial charge in [0.1, 0.15) is 0 Å². The highest BCUT2D eigenvalue weighted by Crippen LogP contribution is 2.34. The maximum absolute atomic E-state index is 11.3. The minimum Gasteiger partial charge on any atom is -0.400 e. The number of carbonyl (C=O) groups excluding carboxylic acids is 1. The number of aldehydes is 1. The van der Waals surface area contributed by atoms with Crippen LogP contribution in [0.1, 0.15) is 42.1 Å². The van der Waals surface area contributed by atoms with Gasteiger partial charge in [0.25, 0.3) is 0 Å². The van der Waals surface area contributed by atoms with Crippen molar-refractivity contribution >= 4 is 29.4 Å². The SMILES string of the molecule is CO.NC1CCC(n2nc(Nc3cnccc3C=O)cc2-c2cccc(Cl)c2)CC1. The molecule has 0 saturated heterocycles. The summed E-state index contributed by atoms with van der Waals surface area (Å²) in [5, 5.41) is 15.7. The van der Waals surface area contributed by atoms with E-state index in [4.69, 9.17) is 27.5 Å². The number of aliphatic hydroxyl groups is 1. The molecule has 1 fully saturated rings. The van der Waals surface area contributed by atoms with E-state index in [0.717, 1.165) is 50.3 Å². The minimum absolute atomic E-state index is 0.268. The van der Waals surface area contributed by atoms with Gasteiger partial charge in [0.15, 0.2) is 12.1 Å². The summed E-state index contributed by atoms with van der Waals surface area (Å²) in [6.45, 7) is 0. The highest BCUT2D eigenvalue weighted by Gasteiger charge is 2.24. The number of carbonyl (C=O) groups is 1. The van der Waals surface area contributed by atoms with Gasteiger partial charge in [-0.15, -0.1) is 0 Å². The van der Waals surface area contributed by atoms with Crippen LogP contribution >= 0.6 is 11.6 Å². The van der Waals surface area contributed by atoms with Gasteiger partial charge in [-0.3, -0.25) is 14.5 Å². The molecule has 3 aromatic rings. The third-order valence-corrected chi connectivity index (χ3v) is 5.42. The van der Waals surface area contributed by atoms with Crippen LogP contribution in [0.4, 0.5) is 11.5 Å². The largest absolute Gasteiger partial charge is 0.400 e. The van der Waals surface area contributed by atoms with Gasteiger partial charge < -0.3 is 16.2 Å². The summed E-state index contributed by atoms with van der Waals surface area (Å²) < 4.78 is 2.07. The first-order valence-electron chi connectivity index (χ1n) is 9.86. The first-order chi connectivity index (χ1) is 14.6. The van der Waals surface area contributed by atoms with E-state index in [-0.39, 0.29) is 12.1 Å². The molecule has 1 aliphatic carbocycles. The molecule has 2 heterocycles. The van der Waals surface area contributed by atoms with E-state index in [1.165, 1.54) is 0 Å². The number of benzene rings is 1. The summed E-state index contributed by atoms with van der Waals surface area (Å²) in [6, 6.07) is 12.0. The van der Waals surface area contributed by atoms with Crippen molar-refractivity contribution in [2.75, 3.05) is 12.4 Å². The molecule has 0 radical (unpaired) electrons.